The van der Waals surface area contributed by atoms with Gasteiger partial charge in [0, 0.05) is 12.8 Å². The average molecular weight is 883 g/mol. The number of allylic oxidation sites excluding steroid dienone is 8. The highest BCUT2D eigenvalue weighted by Crippen LogP contribution is 2.43. The van der Waals surface area contributed by atoms with E-state index in [1.165, 1.54) is 122 Å². The number of hydrogen-bond acceptors (Lipinski definition) is 9. The minimum absolute atomic E-state index is 0.132. The molecule has 0 aromatic carbocycles. The number of esters is 2. The van der Waals surface area contributed by atoms with Crippen LogP contribution in [0.4, 0.5) is 0 Å². The average Bonchev–Trinajstić information content (AvgIpc) is 3.25. The number of carbonyl (C=O) groups is 2. The van der Waals surface area contributed by atoms with Crippen molar-refractivity contribution in [3.63, 3.8) is 0 Å². The minimum Gasteiger partial charge on any atom is -0.462 e. The zero-order chi connectivity index (χ0) is 44.8. The molecule has 0 heterocycles. The number of rotatable bonds is 46. The summed E-state index contributed by atoms with van der Waals surface area (Å²) < 4.78 is 32.8. The molecule has 1 unspecified atom stereocenters. The van der Waals surface area contributed by atoms with Crippen LogP contribution < -0.4 is 0 Å². The Labute approximate surface area is 373 Å². The van der Waals surface area contributed by atoms with Crippen LogP contribution in [-0.2, 0) is 32.7 Å². The van der Waals surface area contributed by atoms with Crippen molar-refractivity contribution in [3.05, 3.63) is 48.6 Å². The van der Waals surface area contributed by atoms with Gasteiger partial charge in [-0.05, 0) is 51.4 Å². The van der Waals surface area contributed by atoms with E-state index in [1.807, 2.05) is 0 Å². The Morgan fingerprint density at radius 1 is 0.508 bits per heavy atom. The fourth-order valence-electron chi connectivity index (χ4n) is 6.75. The highest BCUT2D eigenvalue weighted by Gasteiger charge is 2.27. The maximum atomic E-state index is 12.6. The zero-order valence-electron chi connectivity index (χ0n) is 38.9. The molecule has 0 aromatic heterocycles. The quantitative estimate of drug-likeness (QED) is 0.0233. The smallest absolute Gasteiger partial charge is 0.462 e. The van der Waals surface area contributed by atoms with Gasteiger partial charge in [0.25, 0.3) is 0 Å². The number of unbranched alkanes of at least 4 members (excludes halogenated alkanes) is 24. The Kier molecular flexibility index (Phi) is 44.4. The van der Waals surface area contributed by atoms with Gasteiger partial charge in [0.2, 0.25) is 0 Å². The van der Waals surface area contributed by atoms with Crippen LogP contribution in [0.1, 0.15) is 219 Å². The zero-order valence-corrected chi connectivity index (χ0v) is 39.8. The lowest BCUT2D eigenvalue weighted by molar-refractivity contribution is -0.161. The summed E-state index contributed by atoms with van der Waals surface area (Å²) in [6, 6.07) is 0. The van der Waals surface area contributed by atoms with Crippen molar-refractivity contribution in [2.24, 2.45) is 0 Å². The molecule has 0 saturated heterocycles. The fourth-order valence-corrected chi connectivity index (χ4v) is 7.54. The molecule has 11 heteroatoms. The normalized spacial score (nSPS) is 14.1. The second kappa shape index (κ2) is 45.9. The van der Waals surface area contributed by atoms with Gasteiger partial charge >= 0.3 is 19.8 Å². The van der Waals surface area contributed by atoms with Gasteiger partial charge in [-0.2, -0.15) is 0 Å². The first kappa shape index (κ1) is 58.9. The van der Waals surface area contributed by atoms with Crippen molar-refractivity contribution in [2.45, 2.75) is 232 Å². The first-order valence-electron chi connectivity index (χ1n) is 24.6. The van der Waals surface area contributed by atoms with Gasteiger partial charge < -0.3 is 24.6 Å². The molecule has 0 aliphatic rings. The van der Waals surface area contributed by atoms with E-state index >= 15 is 0 Å². The van der Waals surface area contributed by atoms with Gasteiger partial charge in [0.15, 0.2) is 6.10 Å². The third-order valence-corrected chi connectivity index (χ3v) is 11.4. The molecule has 0 bridgehead atoms. The first-order chi connectivity index (χ1) is 29.7. The predicted molar refractivity (Wildman–Crippen MR) is 251 cm³/mol. The van der Waals surface area contributed by atoms with Crippen LogP contribution in [0.25, 0.3) is 0 Å². The lowest BCUT2D eigenvalue weighted by atomic mass is 10.0. The first-order valence-corrected chi connectivity index (χ1v) is 26.1. The molecule has 0 rings (SSSR count). The number of hydrogen-bond donors (Lipinski definition) is 3. The summed E-state index contributed by atoms with van der Waals surface area (Å²) in [4.78, 5) is 35.1. The monoisotopic (exact) mass is 883 g/mol. The van der Waals surface area contributed by atoms with Crippen molar-refractivity contribution in [2.75, 3.05) is 26.4 Å². The van der Waals surface area contributed by atoms with Gasteiger partial charge in [0.1, 0.15) is 12.7 Å². The highest BCUT2D eigenvalue weighted by molar-refractivity contribution is 7.47. The molecule has 3 atom stereocenters. The van der Waals surface area contributed by atoms with E-state index in [-0.39, 0.29) is 19.4 Å². The third-order valence-electron chi connectivity index (χ3n) is 10.5. The van der Waals surface area contributed by atoms with Crippen molar-refractivity contribution < 1.29 is 47.8 Å². The van der Waals surface area contributed by atoms with Crippen molar-refractivity contribution in [3.8, 4) is 0 Å². The number of phosphoric ester groups is 1. The second-order valence-corrected chi connectivity index (χ2v) is 17.9. The van der Waals surface area contributed by atoms with Crippen LogP contribution in [-0.4, -0.2) is 65.7 Å². The fraction of sp³-hybridized carbons (Fsp3) is 0.800. The van der Waals surface area contributed by atoms with Gasteiger partial charge in [-0.1, -0.05) is 204 Å². The molecule has 10 nitrogen and oxygen atoms in total. The van der Waals surface area contributed by atoms with E-state index < -0.39 is 51.8 Å². The lowest BCUT2D eigenvalue weighted by Gasteiger charge is -2.20. The standard InChI is InChI=1S/C50H91O10P/c1-3-5-7-9-11-13-15-17-19-20-21-22-23-24-25-26-28-29-31-33-35-37-39-41-49(53)57-45-48(46-59-61(55,56)58-44-47(52)43-51)60-50(54)42-40-38-36-34-32-30-27-18-16-14-12-10-8-6-4-2/h6,8,12,14,18,27,32,34,47-48,51-52H,3-5,7,9-11,13,15-17,19-26,28-31,33,35-46H2,1-2H3,(H,55,56)/b8-6+,14-12+,27-18+,34-32+/t47-,48+/m1/s1. The number of phosphoric acid groups is 1. The maximum absolute atomic E-state index is 12.6. The van der Waals surface area contributed by atoms with Crippen LogP contribution >= 0.6 is 7.82 Å². The molecular formula is C50H91O10P. The minimum atomic E-state index is -4.63. The molecule has 0 aliphatic carbocycles. The topological polar surface area (TPSA) is 149 Å². The van der Waals surface area contributed by atoms with Gasteiger partial charge in [-0.3, -0.25) is 18.6 Å². The molecule has 0 fully saturated rings. The van der Waals surface area contributed by atoms with Crippen LogP contribution in [0, 0.1) is 0 Å². The Morgan fingerprint density at radius 2 is 0.902 bits per heavy atom. The van der Waals surface area contributed by atoms with Crippen molar-refractivity contribution in [1.82, 2.24) is 0 Å². The van der Waals surface area contributed by atoms with Crippen LogP contribution in [0.3, 0.4) is 0 Å². The summed E-state index contributed by atoms with van der Waals surface area (Å²) >= 11 is 0. The predicted octanol–water partition coefficient (Wildman–Crippen LogP) is 13.7. The van der Waals surface area contributed by atoms with E-state index in [0.29, 0.717) is 12.8 Å². The van der Waals surface area contributed by atoms with Crippen LogP contribution in [0.2, 0.25) is 0 Å². The second-order valence-electron chi connectivity index (χ2n) is 16.5. The van der Waals surface area contributed by atoms with E-state index in [2.05, 4.69) is 62.5 Å². The van der Waals surface area contributed by atoms with Gasteiger partial charge in [-0.25, -0.2) is 4.57 Å². The molecule has 0 amide bonds. The molecule has 356 valence electrons. The third kappa shape index (κ3) is 45.8. The highest BCUT2D eigenvalue weighted by atomic mass is 31.2. The molecule has 0 radical (unpaired) electrons. The maximum Gasteiger partial charge on any atom is 0.472 e. The summed E-state index contributed by atoms with van der Waals surface area (Å²) in [5.74, 6) is -0.967. The van der Waals surface area contributed by atoms with Crippen molar-refractivity contribution in [1.29, 1.82) is 0 Å². The summed E-state index contributed by atoms with van der Waals surface area (Å²) in [7, 11) is -4.63. The van der Waals surface area contributed by atoms with E-state index in [4.69, 9.17) is 23.6 Å². The van der Waals surface area contributed by atoms with Crippen LogP contribution in [0.15, 0.2) is 48.6 Å². The molecule has 0 saturated carbocycles. The molecule has 0 aliphatic heterocycles. The molecule has 0 aromatic rings. The van der Waals surface area contributed by atoms with Crippen LogP contribution in [0.5, 0.6) is 0 Å². The van der Waals surface area contributed by atoms with Gasteiger partial charge in [0.05, 0.1) is 19.8 Å². The van der Waals surface area contributed by atoms with E-state index in [9.17, 15) is 24.2 Å². The summed E-state index contributed by atoms with van der Waals surface area (Å²) in [6.07, 6.45) is 51.0. The Hall–Kier alpha value is -2.07. The molecule has 61 heavy (non-hydrogen) atoms. The SMILES string of the molecule is CC/C=C/C/C=C/C/C=C/C/C=C/CCCCC(=O)O[C@@H](COC(=O)CCCCCCCCCCCCCCCCCCCCCCCCC)COP(=O)(O)OC[C@H](O)CO. The lowest BCUT2D eigenvalue weighted by Crippen LogP contribution is -2.29. The molecular weight excluding hydrogens is 792 g/mol. The number of carbonyl (C=O) groups excluding carboxylic acids is 2. The molecule has 3 N–H and O–H groups in total. The summed E-state index contributed by atoms with van der Waals surface area (Å²) in [5, 5.41) is 18.4. The Balaban J connectivity index is 4.17. The van der Waals surface area contributed by atoms with E-state index in [0.717, 1.165) is 57.8 Å². The van der Waals surface area contributed by atoms with Gasteiger partial charge in [-0.15, -0.1) is 0 Å². The largest absolute Gasteiger partial charge is 0.472 e. The van der Waals surface area contributed by atoms with Crippen molar-refractivity contribution >= 4 is 19.8 Å². The number of ether oxygens (including phenoxy) is 2. The van der Waals surface area contributed by atoms with E-state index in [1.54, 1.807) is 0 Å². The number of aliphatic hydroxyl groups excluding tert-OH is 2. The molecule has 0 spiro atoms. The number of aliphatic hydroxyl groups is 2. The summed E-state index contributed by atoms with van der Waals surface area (Å²) in [6.45, 7) is 2.25. The Bertz CT molecular complexity index is 1150. The summed E-state index contributed by atoms with van der Waals surface area (Å²) in [5.41, 5.74) is 0. The Morgan fingerprint density at radius 3 is 1.36 bits per heavy atom.